The van der Waals surface area contributed by atoms with Crippen molar-refractivity contribution < 1.29 is 20.4 Å². The summed E-state index contributed by atoms with van der Waals surface area (Å²) in [5.74, 6) is -2.25. The molecule has 0 heterocycles. The zero-order chi connectivity index (χ0) is 13.0. The summed E-state index contributed by atoms with van der Waals surface area (Å²) < 4.78 is 0. The maximum Gasteiger partial charge on any atom is 0.204 e. The van der Waals surface area contributed by atoms with Crippen molar-refractivity contribution in [2.45, 2.75) is 6.42 Å². The quantitative estimate of drug-likeness (QED) is 0.235. The third-order valence-electron chi connectivity index (χ3n) is 3.26. The van der Waals surface area contributed by atoms with Crippen LogP contribution in [0.4, 0.5) is 5.69 Å². The number of hydrogen-bond donors (Lipinski definition) is 5. The summed E-state index contributed by atoms with van der Waals surface area (Å²) in [6, 6.07) is 5.13. The van der Waals surface area contributed by atoms with Crippen LogP contribution >= 0.6 is 0 Å². The molecule has 1 aliphatic carbocycles. The van der Waals surface area contributed by atoms with Crippen molar-refractivity contribution in [2.24, 2.45) is 0 Å². The molecule has 1 aliphatic rings. The maximum absolute atomic E-state index is 9.89. The summed E-state index contributed by atoms with van der Waals surface area (Å²) in [7, 11) is 0. The first kappa shape index (κ1) is 10.6. The number of hydrogen-bond acceptors (Lipinski definition) is 5. The largest absolute Gasteiger partial charge is 0.504 e. The first-order valence-corrected chi connectivity index (χ1v) is 5.38. The standard InChI is InChI=1S/C13H11NO4/c14-6-1-2-7-5(3-6)4-8-9(7)11(16)13(18)12(17)10(8)15/h1-3,15-18H,4,14H2. The van der Waals surface area contributed by atoms with Gasteiger partial charge in [-0.2, -0.15) is 0 Å². The van der Waals surface area contributed by atoms with Crippen LogP contribution in [0.5, 0.6) is 23.0 Å². The Hall–Kier alpha value is -2.56. The van der Waals surface area contributed by atoms with E-state index in [2.05, 4.69) is 0 Å². The number of nitrogen functional groups attached to an aromatic ring is 1. The van der Waals surface area contributed by atoms with Gasteiger partial charge in [-0.3, -0.25) is 0 Å². The predicted octanol–water partition coefficient (Wildman–Crippen LogP) is 1.66. The zero-order valence-electron chi connectivity index (χ0n) is 9.31. The molecule has 2 aromatic carbocycles. The Morgan fingerprint density at radius 2 is 1.56 bits per heavy atom. The fourth-order valence-electron chi connectivity index (χ4n) is 2.40. The van der Waals surface area contributed by atoms with Gasteiger partial charge in [0, 0.05) is 23.2 Å². The zero-order valence-corrected chi connectivity index (χ0v) is 9.31. The van der Waals surface area contributed by atoms with E-state index >= 15 is 0 Å². The average molecular weight is 245 g/mol. The normalized spacial score (nSPS) is 12.2. The van der Waals surface area contributed by atoms with Crippen molar-refractivity contribution >= 4 is 5.69 Å². The van der Waals surface area contributed by atoms with Crippen molar-refractivity contribution in [3.8, 4) is 34.1 Å². The van der Waals surface area contributed by atoms with E-state index in [1.54, 1.807) is 18.2 Å². The molecule has 6 N–H and O–H groups in total. The molecule has 18 heavy (non-hydrogen) atoms. The van der Waals surface area contributed by atoms with Crippen LogP contribution in [-0.2, 0) is 6.42 Å². The molecule has 0 amide bonds. The summed E-state index contributed by atoms with van der Waals surface area (Å²) in [5.41, 5.74) is 8.52. The first-order valence-electron chi connectivity index (χ1n) is 5.38. The SMILES string of the molecule is Nc1ccc2c(c1)Cc1c(O)c(O)c(O)c(O)c1-2. The number of nitrogens with two attached hydrogens (primary N) is 1. The second-order valence-corrected chi connectivity index (χ2v) is 4.34. The molecule has 3 rings (SSSR count). The first-order chi connectivity index (χ1) is 8.50. The fourth-order valence-corrected chi connectivity index (χ4v) is 2.40. The molecule has 0 radical (unpaired) electrons. The molecule has 0 atom stereocenters. The van der Waals surface area contributed by atoms with Crippen LogP contribution in [0.2, 0.25) is 0 Å². The molecule has 0 saturated heterocycles. The molecular formula is C13H11NO4. The van der Waals surface area contributed by atoms with E-state index in [4.69, 9.17) is 5.73 Å². The lowest BCUT2D eigenvalue weighted by molar-refractivity contribution is 0.345. The molecule has 0 aliphatic heterocycles. The predicted molar refractivity (Wildman–Crippen MR) is 65.8 cm³/mol. The number of rotatable bonds is 0. The highest BCUT2D eigenvalue weighted by molar-refractivity contribution is 5.88. The smallest absolute Gasteiger partial charge is 0.204 e. The van der Waals surface area contributed by atoms with E-state index in [1.807, 2.05) is 0 Å². The Bertz CT molecular complexity index is 679. The van der Waals surface area contributed by atoms with Crippen molar-refractivity contribution in [1.82, 2.24) is 0 Å². The summed E-state index contributed by atoms with van der Waals surface area (Å²) in [6.45, 7) is 0. The monoisotopic (exact) mass is 245 g/mol. The minimum atomic E-state index is -0.712. The molecule has 0 saturated carbocycles. The van der Waals surface area contributed by atoms with E-state index in [1.165, 1.54) is 0 Å². The van der Waals surface area contributed by atoms with Crippen LogP contribution < -0.4 is 5.73 Å². The second-order valence-electron chi connectivity index (χ2n) is 4.34. The summed E-state index contributed by atoms with van der Waals surface area (Å²) in [4.78, 5) is 0. The van der Waals surface area contributed by atoms with Crippen molar-refractivity contribution in [3.05, 3.63) is 29.3 Å². The van der Waals surface area contributed by atoms with Crippen LogP contribution in [-0.4, -0.2) is 20.4 Å². The molecule has 5 heteroatoms. The number of aromatic hydroxyl groups is 4. The third kappa shape index (κ3) is 1.15. The van der Waals surface area contributed by atoms with Crippen molar-refractivity contribution in [2.75, 3.05) is 5.73 Å². The van der Waals surface area contributed by atoms with Gasteiger partial charge in [-0.15, -0.1) is 0 Å². The Morgan fingerprint density at radius 3 is 2.28 bits per heavy atom. The Kier molecular flexibility index (Phi) is 1.90. The van der Waals surface area contributed by atoms with Gasteiger partial charge in [0.1, 0.15) is 0 Å². The molecule has 5 nitrogen and oxygen atoms in total. The van der Waals surface area contributed by atoms with Crippen molar-refractivity contribution in [3.63, 3.8) is 0 Å². The lowest BCUT2D eigenvalue weighted by atomic mass is 10.0. The van der Waals surface area contributed by atoms with Crippen LogP contribution in [0.3, 0.4) is 0 Å². The second kappa shape index (κ2) is 3.22. The molecular weight excluding hydrogens is 234 g/mol. The van der Waals surface area contributed by atoms with E-state index in [0.717, 1.165) is 5.56 Å². The van der Waals surface area contributed by atoms with Gasteiger partial charge in [0.25, 0.3) is 0 Å². The Morgan fingerprint density at radius 1 is 0.889 bits per heavy atom. The number of anilines is 1. The molecule has 0 spiro atoms. The van der Waals surface area contributed by atoms with Gasteiger partial charge in [0.05, 0.1) is 0 Å². The van der Waals surface area contributed by atoms with Gasteiger partial charge in [-0.05, 0) is 23.3 Å². The molecule has 0 fully saturated rings. The molecule has 92 valence electrons. The van der Waals surface area contributed by atoms with Gasteiger partial charge in [0.15, 0.2) is 11.5 Å². The highest BCUT2D eigenvalue weighted by atomic mass is 16.3. The van der Waals surface area contributed by atoms with Crippen molar-refractivity contribution in [1.29, 1.82) is 0 Å². The molecule has 0 unspecified atom stereocenters. The summed E-state index contributed by atoms with van der Waals surface area (Å²) >= 11 is 0. The van der Waals surface area contributed by atoms with Gasteiger partial charge >= 0.3 is 0 Å². The molecule has 0 bridgehead atoms. The highest BCUT2D eigenvalue weighted by Gasteiger charge is 2.30. The van der Waals surface area contributed by atoms with Gasteiger partial charge in [0.2, 0.25) is 11.5 Å². The summed E-state index contributed by atoms with van der Waals surface area (Å²) in [5, 5.41) is 38.7. The summed E-state index contributed by atoms with van der Waals surface area (Å²) in [6.07, 6.45) is 0.350. The van der Waals surface area contributed by atoms with Crippen LogP contribution in [0, 0.1) is 0 Å². The van der Waals surface area contributed by atoms with Gasteiger partial charge < -0.3 is 26.2 Å². The van der Waals surface area contributed by atoms with Gasteiger partial charge in [-0.25, -0.2) is 0 Å². The van der Waals surface area contributed by atoms with E-state index in [0.29, 0.717) is 28.8 Å². The lowest BCUT2D eigenvalue weighted by Gasteiger charge is -2.10. The lowest BCUT2D eigenvalue weighted by Crippen LogP contribution is -1.87. The fraction of sp³-hybridized carbons (Fsp3) is 0.0769. The maximum atomic E-state index is 9.89. The van der Waals surface area contributed by atoms with Gasteiger partial charge in [-0.1, -0.05) is 6.07 Å². The Balaban J connectivity index is 2.38. The molecule has 0 aromatic heterocycles. The third-order valence-corrected chi connectivity index (χ3v) is 3.26. The van der Waals surface area contributed by atoms with E-state index in [9.17, 15) is 20.4 Å². The Labute approximate surface area is 102 Å². The van der Waals surface area contributed by atoms with E-state index in [-0.39, 0.29) is 0 Å². The van der Waals surface area contributed by atoms with Crippen LogP contribution in [0.15, 0.2) is 18.2 Å². The number of phenols is 4. The highest BCUT2D eigenvalue weighted by Crippen LogP contribution is 2.55. The minimum Gasteiger partial charge on any atom is -0.504 e. The number of fused-ring (bicyclic) bond motifs is 3. The minimum absolute atomic E-state index is 0.345. The number of phenolic OH excluding ortho intramolecular Hbond substituents is 4. The topological polar surface area (TPSA) is 107 Å². The average Bonchev–Trinajstić information content (AvgIpc) is 2.72. The molecule has 2 aromatic rings. The number of benzene rings is 2. The van der Waals surface area contributed by atoms with Crippen LogP contribution in [0.25, 0.3) is 11.1 Å². The van der Waals surface area contributed by atoms with Crippen LogP contribution in [0.1, 0.15) is 11.1 Å². The van der Waals surface area contributed by atoms with E-state index < -0.39 is 23.0 Å².